The van der Waals surface area contributed by atoms with Crippen molar-refractivity contribution in [3.63, 3.8) is 0 Å². The van der Waals surface area contributed by atoms with Gasteiger partial charge in [-0.05, 0) is 37.1 Å². The lowest BCUT2D eigenvalue weighted by molar-refractivity contribution is 0.152. The van der Waals surface area contributed by atoms with Crippen molar-refractivity contribution in [1.29, 1.82) is 0 Å². The summed E-state index contributed by atoms with van der Waals surface area (Å²) in [4.78, 5) is 2.36. The Bertz CT molecular complexity index is 575. The monoisotopic (exact) mass is 295 g/mol. The molecule has 2 atom stereocenters. The number of nitrogens with zero attached hydrogens (tertiary/aromatic N) is 2. The summed E-state index contributed by atoms with van der Waals surface area (Å²) in [5.74, 6) is 0. The number of rotatable bonds is 3. The molecule has 6 heteroatoms. The molecule has 5 nitrogen and oxygen atoms in total. The number of benzene rings is 1. The van der Waals surface area contributed by atoms with Gasteiger partial charge in [-0.15, -0.1) is 0 Å². The number of sulfonamides is 1. The van der Waals surface area contributed by atoms with E-state index in [0.29, 0.717) is 17.5 Å². The van der Waals surface area contributed by atoms with Crippen LogP contribution in [0.25, 0.3) is 0 Å². The maximum absolute atomic E-state index is 12.7. The van der Waals surface area contributed by atoms with Crippen LogP contribution in [-0.2, 0) is 10.0 Å². The number of fused-ring (bicyclic) bond motifs is 3. The molecule has 0 saturated carbocycles. The molecule has 2 unspecified atom stereocenters. The number of hydrogen-bond donors (Lipinski definition) is 1. The minimum absolute atomic E-state index is 0.110. The highest BCUT2D eigenvalue weighted by Crippen LogP contribution is 2.29. The molecule has 2 bridgehead atoms. The third-order valence-electron chi connectivity index (χ3n) is 4.26. The van der Waals surface area contributed by atoms with E-state index in [0.717, 1.165) is 25.1 Å². The molecule has 0 spiro atoms. The van der Waals surface area contributed by atoms with E-state index in [1.807, 2.05) is 31.1 Å². The van der Waals surface area contributed by atoms with Gasteiger partial charge < -0.3 is 10.2 Å². The predicted molar refractivity (Wildman–Crippen MR) is 79.5 cm³/mol. The van der Waals surface area contributed by atoms with Crippen LogP contribution in [0.2, 0.25) is 0 Å². The van der Waals surface area contributed by atoms with Crippen molar-refractivity contribution >= 4 is 15.7 Å². The summed E-state index contributed by atoms with van der Waals surface area (Å²) < 4.78 is 27.2. The second kappa shape index (κ2) is 5.02. The van der Waals surface area contributed by atoms with Crippen molar-refractivity contribution < 1.29 is 8.42 Å². The fraction of sp³-hybridized carbons (Fsp3) is 0.571. The molecule has 3 fully saturated rings. The van der Waals surface area contributed by atoms with Crippen LogP contribution in [0, 0.1) is 0 Å². The topological polar surface area (TPSA) is 52.7 Å². The summed E-state index contributed by atoms with van der Waals surface area (Å²) in [7, 11) is 0.526. The van der Waals surface area contributed by atoms with Crippen molar-refractivity contribution in [3.8, 4) is 0 Å². The van der Waals surface area contributed by atoms with Crippen LogP contribution in [0.3, 0.4) is 0 Å². The molecule has 0 aromatic heterocycles. The summed E-state index contributed by atoms with van der Waals surface area (Å²) in [6.45, 7) is 1.38. The zero-order valence-corrected chi connectivity index (χ0v) is 12.7. The Morgan fingerprint density at radius 1 is 1.20 bits per heavy atom. The van der Waals surface area contributed by atoms with Gasteiger partial charge in [0.25, 0.3) is 0 Å². The minimum Gasteiger partial charge on any atom is -0.378 e. The van der Waals surface area contributed by atoms with Crippen LogP contribution in [0.5, 0.6) is 0 Å². The highest BCUT2D eigenvalue weighted by Gasteiger charge is 2.40. The van der Waals surface area contributed by atoms with Gasteiger partial charge in [0, 0.05) is 45.0 Å². The lowest BCUT2D eigenvalue weighted by Gasteiger charge is -2.44. The molecule has 0 radical (unpaired) electrons. The molecule has 3 aliphatic rings. The lowest BCUT2D eigenvalue weighted by atomic mass is 9.96. The number of piperazine rings is 1. The predicted octanol–water partition coefficient (Wildman–Crippen LogP) is 0.877. The molecular formula is C14H21N3O2S. The van der Waals surface area contributed by atoms with Gasteiger partial charge in [-0.2, -0.15) is 4.31 Å². The van der Waals surface area contributed by atoms with E-state index in [1.54, 1.807) is 16.4 Å². The summed E-state index contributed by atoms with van der Waals surface area (Å²) >= 11 is 0. The molecule has 1 aromatic rings. The standard InChI is InChI=1S/C14H21N3O2S/c1-16(2)12-5-7-14(8-6-12)20(18,19)17-10-11-3-4-13(17)9-15-11/h5-8,11,13,15H,3-4,9-10H2,1-2H3. The van der Waals surface area contributed by atoms with Crippen LogP contribution in [0.4, 0.5) is 5.69 Å². The quantitative estimate of drug-likeness (QED) is 0.899. The summed E-state index contributed by atoms with van der Waals surface area (Å²) in [6.07, 6.45) is 2.04. The van der Waals surface area contributed by atoms with Crippen LogP contribution < -0.4 is 10.2 Å². The van der Waals surface area contributed by atoms with Gasteiger partial charge in [0.15, 0.2) is 0 Å². The number of nitrogens with one attached hydrogen (secondary N) is 1. The molecule has 3 aliphatic heterocycles. The first-order valence-corrected chi connectivity index (χ1v) is 8.45. The number of piperidine rings is 2. The average Bonchev–Trinajstić information content (AvgIpc) is 2.48. The smallest absolute Gasteiger partial charge is 0.243 e. The van der Waals surface area contributed by atoms with E-state index in [2.05, 4.69) is 5.32 Å². The normalized spacial score (nSPS) is 26.7. The minimum atomic E-state index is -3.36. The maximum Gasteiger partial charge on any atom is 0.243 e. The molecule has 20 heavy (non-hydrogen) atoms. The Morgan fingerprint density at radius 3 is 2.35 bits per heavy atom. The second-order valence-corrected chi connectivity index (χ2v) is 7.69. The first-order valence-electron chi connectivity index (χ1n) is 7.01. The SMILES string of the molecule is CN(C)c1ccc(S(=O)(=O)N2CC3CCC2CN3)cc1. The van der Waals surface area contributed by atoms with Crippen LogP contribution >= 0.6 is 0 Å². The Hall–Kier alpha value is -1.11. The average molecular weight is 295 g/mol. The van der Waals surface area contributed by atoms with Gasteiger partial charge in [-0.3, -0.25) is 0 Å². The van der Waals surface area contributed by atoms with E-state index in [1.165, 1.54) is 0 Å². The zero-order chi connectivity index (χ0) is 14.3. The lowest BCUT2D eigenvalue weighted by Crippen LogP contribution is -2.62. The number of anilines is 1. The second-order valence-electron chi connectivity index (χ2n) is 5.80. The molecule has 3 saturated heterocycles. The van der Waals surface area contributed by atoms with E-state index >= 15 is 0 Å². The van der Waals surface area contributed by atoms with E-state index in [4.69, 9.17) is 0 Å². The highest BCUT2D eigenvalue weighted by atomic mass is 32.2. The third kappa shape index (κ3) is 2.32. The summed E-state index contributed by atoms with van der Waals surface area (Å²) in [6, 6.07) is 7.55. The molecule has 110 valence electrons. The fourth-order valence-corrected chi connectivity index (χ4v) is 4.71. The van der Waals surface area contributed by atoms with Crippen LogP contribution in [0.15, 0.2) is 29.2 Å². The van der Waals surface area contributed by atoms with E-state index in [-0.39, 0.29) is 6.04 Å². The largest absolute Gasteiger partial charge is 0.378 e. The molecular weight excluding hydrogens is 274 g/mol. The van der Waals surface area contributed by atoms with Gasteiger partial charge in [-0.1, -0.05) is 0 Å². The van der Waals surface area contributed by atoms with Crippen molar-refractivity contribution in [1.82, 2.24) is 9.62 Å². The zero-order valence-electron chi connectivity index (χ0n) is 11.9. The van der Waals surface area contributed by atoms with E-state index < -0.39 is 10.0 Å². The first kappa shape index (κ1) is 13.9. The first-order chi connectivity index (χ1) is 9.48. The molecule has 3 heterocycles. The van der Waals surface area contributed by atoms with Gasteiger partial charge >= 0.3 is 0 Å². The Labute approximate surface area is 120 Å². The fourth-order valence-electron chi connectivity index (χ4n) is 3.01. The maximum atomic E-state index is 12.7. The summed E-state index contributed by atoms with van der Waals surface area (Å²) in [5, 5.41) is 3.38. The van der Waals surface area contributed by atoms with Gasteiger partial charge in [0.1, 0.15) is 0 Å². The van der Waals surface area contributed by atoms with Gasteiger partial charge in [0.2, 0.25) is 10.0 Å². The molecule has 0 amide bonds. The molecule has 4 rings (SSSR count). The van der Waals surface area contributed by atoms with Crippen molar-refractivity contribution in [2.24, 2.45) is 0 Å². The van der Waals surface area contributed by atoms with Crippen LogP contribution in [-0.4, -0.2) is 52.0 Å². The van der Waals surface area contributed by atoms with Crippen molar-refractivity contribution in [3.05, 3.63) is 24.3 Å². The van der Waals surface area contributed by atoms with Gasteiger partial charge in [0.05, 0.1) is 4.90 Å². The van der Waals surface area contributed by atoms with Crippen molar-refractivity contribution in [2.75, 3.05) is 32.1 Å². The van der Waals surface area contributed by atoms with E-state index in [9.17, 15) is 8.42 Å². The highest BCUT2D eigenvalue weighted by molar-refractivity contribution is 7.89. The van der Waals surface area contributed by atoms with Gasteiger partial charge in [-0.25, -0.2) is 8.42 Å². The Morgan fingerprint density at radius 2 is 1.90 bits per heavy atom. The summed E-state index contributed by atoms with van der Waals surface area (Å²) in [5.41, 5.74) is 1.01. The Balaban J connectivity index is 1.88. The van der Waals surface area contributed by atoms with Crippen LogP contribution in [0.1, 0.15) is 12.8 Å². The molecule has 1 aromatic carbocycles. The van der Waals surface area contributed by atoms with Crippen molar-refractivity contribution in [2.45, 2.75) is 29.8 Å². The third-order valence-corrected chi connectivity index (χ3v) is 6.19. The molecule has 0 aliphatic carbocycles. The molecule has 1 N–H and O–H groups in total. The number of hydrogen-bond acceptors (Lipinski definition) is 4. The Kier molecular flexibility index (Phi) is 3.48.